The first-order valence-corrected chi connectivity index (χ1v) is 5.78. The fourth-order valence-corrected chi connectivity index (χ4v) is 2.71. The predicted octanol–water partition coefficient (Wildman–Crippen LogP) is 1.58. The second-order valence-corrected chi connectivity index (χ2v) is 4.64. The maximum Gasteiger partial charge on any atom is 0.119 e. The average Bonchev–Trinajstić information content (AvgIpc) is 2.30. The SMILES string of the molecule is OC1CCOC2(COCc3ccccc32)C1. The smallest absolute Gasteiger partial charge is 0.119 e. The van der Waals surface area contributed by atoms with Gasteiger partial charge in [0, 0.05) is 6.42 Å². The Morgan fingerprint density at radius 1 is 1.31 bits per heavy atom. The fourth-order valence-electron chi connectivity index (χ4n) is 2.71. The summed E-state index contributed by atoms with van der Waals surface area (Å²) in [5.41, 5.74) is 1.97. The molecule has 1 fully saturated rings. The molecular weight excluding hydrogens is 204 g/mol. The van der Waals surface area contributed by atoms with Crippen molar-refractivity contribution in [2.45, 2.75) is 31.2 Å². The zero-order valence-corrected chi connectivity index (χ0v) is 9.19. The summed E-state index contributed by atoms with van der Waals surface area (Å²) in [6, 6.07) is 8.20. The molecule has 0 saturated carbocycles. The van der Waals surface area contributed by atoms with Gasteiger partial charge in [-0.2, -0.15) is 0 Å². The van der Waals surface area contributed by atoms with Crippen LogP contribution in [0.5, 0.6) is 0 Å². The Bertz CT molecular complexity index is 391. The van der Waals surface area contributed by atoms with Crippen LogP contribution >= 0.6 is 0 Å². The van der Waals surface area contributed by atoms with Crippen LogP contribution in [0.2, 0.25) is 0 Å². The average molecular weight is 220 g/mol. The van der Waals surface area contributed by atoms with Gasteiger partial charge in [-0.3, -0.25) is 0 Å². The van der Waals surface area contributed by atoms with Crippen LogP contribution in [0.15, 0.2) is 24.3 Å². The molecule has 1 aromatic rings. The van der Waals surface area contributed by atoms with Gasteiger partial charge in [0.25, 0.3) is 0 Å². The normalized spacial score (nSPS) is 33.7. The van der Waals surface area contributed by atoms with Gasteiger partial charge in [-0.15, -0.1) is 0 Å². The standard InChI is InChI=1S/C13H16O3/c14-11-5-6-16-13(7-11)9-15-8-10-3-1-2-4-12(10)13/h1-4,11,14H,5-9H2. The third kappa shape index (κ3) is 1.56. The third-order valence-corrected chi connectivity index (χ3v) is 3.50. The van der Waals surface area contributed by atoms with Gasteiger partial charge in [-0.25, -0.2) is 0 Å². The van der Waals surface area contributed by atoms with E-state index in [9.17, 15) is 5.11 Å². The molecule has 1 spiro atoms. The van der Waals surface area contributed by atoms with Gasteiger partial charge in [-0.05, 0) is 17.5 Å². The summed E-state index contributed by atoms with van der Waals surface area (Å²) in [4.78, 5) is 0. The van der Waals surface area contributed by atoms with Gasteiger partial charge < -0.3 is 14.6 Å². The van der Waals surface area contributed by atoms with E-state index in [1.807, 2.05) is 12.1 Å². The zero-order chi connectivity index (χ0) is 11.0. The van der Waals surface area contributed by atoms with E-state index < -0.39 is 5.60 Å². The molecule has 2 atom stereocenters. The van der Waals surface area contributed by atoms with Crippen molar-refractivity contribution >= 4 is 0 Å². The molecule has 3 nitrogen and oxygen atoms in total. The Morgan fingerprint density at radius 2 is 2.19 bits per heavy atom. The molecule has 2 aliphatic rings. The number of fused-ring (bicyclic) bond motifs is 2. The van der Waals surface area contributed by atoms with Crippen molar-refractivity contribution in [3.63, 3.8) is 0 Å². The Balaban J connectivity index is 2.02. The van der Waals surface area contributed by atoms with E-state index in [4.69, 9.17) is 9.47 Å². The molecule has 0 amide bonds. The van der Waals surface area contributed by atoms with Crippen molar-refractivity contribution in [3.05, 3.63) is 35.4 Å². The second-order valence-electron chi connectivity index (χ2n) is 4.64. The molecular formula is C13H16O3. The summed E-state index contributed by atoms with van der Waals surface area (Å²) in [5.74, 6) is 0. The number of hydrogen-bond donors (Lipinski definition) is 1. The molecule has 2 aliphatic heterocycles. The van der Waals surface area contributed by atoms with Gasteiger partial charge in [0.05, 0.1) is 25.9 Å². The maximum atomic E-state index is 9.82. The number of benzene rings is 1. The molecule has 3 rings (SSSR count). The minimum Gasteiger partial charge on any atom is -0.393 e. The van der Waals surface area contributed by atoms with Crippen LogP contribution in [0.25, 0.3) is 0 Å². The summed E-state index contributed by atoms with van der Waals surface area (Å²) in [7, 11) is 0. The Labute approximate surface area is 95.0 Å². The van der Waals surface area contributed by atoms with E-state index in [0.717, 1.165) is 6.42 Å². The van der Waals surface area contributed by atoms with Crippen molar-refractivity contribution in [3.8, 4) is 0 Å². The number of hydrogen-bond acceptors (Lipinski definition) is 3. The van der Waals surface area contributed by atoms with Crippen molar-refractivity contribution in [2.24, 2.45) is 0 Å². The zero-order valence-electron chi connectivity index (χ0n) is 9.19. The highest BCUT2D eigenvalue weighted by Crippen LogP contribution is 2.40. The van der Waals surface area contributed by atoms with E-state index in [2.05, 4.69) is 12.1 Å². The molecule has 2 unspecified atom stereocenters. The van der Waals surface area contributed by atoms with Crippen LogP contribution in [0.4, 0.5) is 0 Å². The molecule has 1 saturated heterocycles. The van der Waals surface area contributed by atoms with Crippen LogP contribution in [0.1, 0.15) is 24.0 Å². The molecule has 16 heavy (non-hydrogen) atoms. The minimum absolute atomic E-state index is 0.275. The summed E-state index contributed by atoms with van der Waals surface area (Å²) >= 11 is 0. The third-order valence-electron chi connectivity index (χ3n) is 3.50. The Kier molecular flexibility index (Phi) is 2.46. The lowest BCUT2D eigenvalue weighted by atomic mass is 9.82. The largest absolute Gasteiger partial charge is 0.393 e. The summed E-state index contributed by atoms with van der Waals surface area (Å²) in [5, 5.41) is 9.82. The maximum absolute atomic E-state index is 9.82. The second kappa shape index (κ2) is 3.84. The van der Waals surface area contributed by atoms with Gasteiger partial charge >= 0.3 is 0 Å². The molecule has 1 aromatic carbocycles. The van der Waals surface area contributed by atoms with Crippen LogP contribution < -0.4 is 0 Å². The first-order chi connectivity index (χ1) is 7.80. The Hall–Kier alpha value is -0.900. The lowest BCUT2D eigenvalue weighted by molar-refractivity contribution is -0.168. The molecule has 3 heteroatoms. The van der Waals surface area contributed by atoms with Crippen LogP contribution in [0.3, 0.4) is 0 Å². The minimum atomic E-state index is -0.410. The van der Waals surface area contributed by atoms with E-state index in [-0.39, 0.29) is 6.10 Å². The van der Waals surface area contributed by atoms with Gasteiger partial charge in [0.1, 0.15) is 5.60 Å². The van der Waals surface area contributed by atoms with E-state index in [0.29, 0.717) is 26.2 Å². The fraction of sp³-hybridized carbons (Fsp3) is 0.538. The van der Waals surface area contributed by atoms with Crippen LogP contribution in [-0.2, 0) is 21.7 Å². The highest BCUT2D eigenvalue weighted by Gasteiger charge is 2.42. The van der Waals surface area contributed by atoms with Gasteiger partial charge in [0.2, 0.25) is 0 Å². The summed E-state index contributed by atoms with van der Waals surface area (Å²) in [6.07, 6.45) is 1.09. The van der Waals surface area contributed by atoms with Gasteiger partial charge in [0.15, 0.2) is 0 Å². The number of rotatable bonds is 0. The number of ether oxygens (including phenoxy) is 2. The van der Waals surface area contributed by atoms with Crippen LogP contribution in [-0.4, -0.2) is 24.4 Å². The highest BCUT2D eigenvalue weighted by molar-refractivity contribution is 5.34. The quantitative estimate of drug-likeness (QED) is 0.721. The lowest BCUT2D eigenvalue weighted by Gasteiger charge is -2.43. The van der Waals surface area contributed by atoms with Crippen LogP contribution in [0, 0.1) is 0 Å². The first kappa shape index (κ1) is 10.3. The first-order valence-electron chi connectivity index (χ1n) is 5.78. The Morgan fingerprint density at radius 3 is 3.06 bits per heavy atom. The highest BCUT2D eigenvalue weighted by atomic mass is 16.5. The topological polar surface area (TPSA) is 38.7 Å². The molecule has 0 bridgehead atoms. The van der Waals surface area contributed by atoms with E-state index in [1.165, 1.54) is 11.1 Å². The summed E-state index contributed by atoms with van der Waals surface area (Å²) < 4.78 is 11.5. The number of aliphatic hydroxyl groups excluding tert-OH is 1. The van der Waals surface area contributed by atoms with Crippen molar-refractivity contribution in [1.29, 1.82) is 0 Å². The van der Waals surface area contributed by atoms with E-state index >= 15 is 0 Å². The molecule has 1 N–H and O–H groups in total. The number of aliphatic hydroxyl groups is 1. The molecule has 2 heterocycles. The van der Waals surface area contributed by atoms with Gasteiger partial charge in [-0.1, -0.05) is 24.3 Å². The van der Waals surface area contributed by atoms with Crippen molar-refractivity contribution in [1.82, 2.24) is 0 Å². The molecule has 0 aliphatic carbocycles. The lowest BCUT2D eigenvalue weighted by Crippen LogP contribution is -2.45. The summed E-state index contributed by atoms with van der Waals surface area (Å²) in [6.45, 7) is 1.82. The molecule has 86 valence electrons. The van der Waals surface area contributed by atoms with Crippen molar-refractivity contribution in [2.75, 3.05) is 13.2 Å². The molecule has 0 radical (unpaired) electrons. The van der Waals surface area contributed by atoms with Crippen molar-refractivity contribution < 1.29 is 14.6 Å². The molecule has 0 aromatic heterocycles. The monoisotopic (exact) mass is 220 g/mol. The predicted molar refractivity (Wildman–Crippen MR) is 59.0 cm³/mol. The van der Waals surface area contributed by atoms with E-state index in [1.54, 1.807) is 0 Å².